The minimum Gasteiger partial charge on any atom is -0.493 e. The largest absolute Gasteiger partial charge is 0.493 e. The molecule has 1 aromatic heterocycles. The number of benzene rings is 1. The molecule has 0 aliphatic carbocycles. The van der Waals surface area contributed by atoms with Crippen LogP contribution in [0.3, 0.4) is 0 Å². The lowest BCUT2D eigenvalue weighted by Gasteiger charge is -2.11. The summed E-state index contributed by atoms with van der Waals surface area (Å²) in [5, 5.41) is 4.07. The predicted molar refractivity (Wildman–Crippen MR) is 85.9 cm³/mol. The number of nitrogens with zero attached hydrogens (tertiary/aromatic N) is 2. The number of rotatable bonds is 6. The Morgan fingerprint density at radius 1 is 1.18 bits per heavy atom. The van der Waals surface area contributed by atoms with E-state index in [2.05, 4.69) is 12.0 Å². The molecular formula is C16H22N2O3S. The molecule has 22 heavy (non-hydrogen) atoms. The van der Waals surface area contributed by atoms with Gasteiger partial charge in [-0.3, -0.25) is 0 Å². The Morgan fingerprint density at radius 3 is 2.45 bits per heavy atom. The molecule has 6 heteroatoms. The van der Waals surface area contributed by atoms with Crippen LogP contribution in [0.15, 0.2) is 29.2 Å². The summed E-state index contributed by atoms with van der Waals surface area (Å²) in [7, 11) is -3.66. The first kappa shape index (κ1) is 16.5. The molecule has 120 valence electrons. The van der Waals surface area contributed by atoms with E-state index < -0.39 is 10.0 Å². The van der Waals surface area contributed by atoms with Crippen LogP contribution in [0.2, 0.25) is 0 Å². The Labute approximate surface area is 132 Å². The van der Waals surface area contributed by atoms with Crippen molar-refractivity contribution in [1.29, 1.82) is 0 Å². The van der Waals surface area contributed by atoms with Gasteiger partial charge in [0.15, 0.2) is 0 Å². The topological polar surface area (TPSA) is 61.2 Å². The quantitative estimate of drug-likeness (QED) is 0.766. The normalized spacial score (nSPS) is 11.6. The second-order valence-corrected chi connectivity index (χ2v) is 7.17. The van der Waals surface area contributed by atoms with Crippen molar-refractivity contribution in [2.75, 3.05) is 6.61 Å². The van der Waals surface area contributed by atoms with E-state index in [4.69, 9.17) is 4.74 Å². The smallest absolute Gasteiger partial charge is 0.283 e. The first-order chi connectivity index (χ1) is 10.4. The number of unbranched alkanes of at least 4 members (excludes halogenated alkanes) is 1. The van der Waals surface area contributed by atoms with Crippen molar-refractivity contribution in [2.24, 2.45) is 0 Å². The van der Waals surface area contributed by atoms with Gasteiger partial charge in [-0.05, 0) is 57.0 Å². The molecule has 0 atom stereocenters. The summed E-state index contributed by atoms with van der Waals surface area (Å²) in [6, 6.07) is 6.66. The summed E-state index contributed by atoms with van der Waals surface area (Å²) in [6.07, 6.45) is 2.04. The molecule has 0 aliphatic heterocycles. The molecule has 0 saturated carbocycles. The lowest BCUT2D eigenvalue weighted by molar-refractivity contribution is 0.307. The number of hydrogen-bond acceptors (Lipinski definition) is 4. The van der Waals surface area contributed by atoms with Crippen molar-refractivity contribution in [3.8, 4) is 5.75 Å². The van der Waals surface area contributed by atoms with Crippen LogP contribution >= 0.6 is 0 Å². The number of hydrogen-bond donors (Lipinski definition) is 0. The van der Waals surface area contributed by atoms with E-state index in [1.165, 1.54) is 0 Å². The Hall–Kier alpha value is -1.82. The molecule has 0 bridgehead atoms. The summed E-state index contributed by atoms with van der Waals surface area (Å²) < 4.78 is 32.0. The number of aromatic nitrogens is 2. The molecular weight excluding hydrogens is 300 g/mol. The standard InChI is InChI=1S/C16H22N2O3S/c1-5-6-9-21-16-8-7-15(10-12(16)2)22(19,20)18-14(4)11-13(3)17-18/h7-8,10-11H,5-6,9H2,1-4H3. The molecule has 0 radical (unpaired) electrons. The minimum atomic E-state index is -3.66. The SMILES string of the molecule is CCCCOc1ccc(S(=O)(=O)n2nc(C)cc2C)cc1C. The van der Waals surface area contributed by atoms with E-state index in [-0.39, 0.29) is 4.90 Å². The zero-order valence-corrected chi connectivity index (χ0v) is 14.3. The van der Waals surface area contributed by atoms with Crippen molar-refractivity contribution in [3.63, 3.8) is 0 Å². The van der Waals surface area contributed by atoms with Gasteiger partial charge in [0.25, 0.3) is 10.0 Å². The van der Waals surface area contributed by atoms with E-state index in [0.29, 0.717) is 18.0 Å². The molecule has 2 rings (SSSR count). The average molecular weight is 322 g/mol. The highest BCUT2D eigenvalue weighted by atomic mass is 32.2. The maximum absolute atomic E-state index is 12.7. The van der Waals surface area contributed by atoms with Crippen LogP contribution in [-0.2, 0) is 10.0 Å². The Kier molecular flexibility index (Phi) is 4.90. The maximum atomic E-state index is 12.7. The molecule has 0 aliphatic rings. The van der Waals surface area contributed by atoms with Gasteiger partial charge in [-0.1, -0.05) is 13.3 Å². The number of aryl methyl sites for hydroxylation is 3. The second-order valence-electron chi connectivity index (χ2n) is 5.40. The summed E-state index contributed by atoms with van der Waals surface area (Å²) in [6.45, 7) is 8.09. The van der Waals surface area contributed by atoms with Gasteiger partial charge in [0, 0.05) is 0 Å². The van der Waals surface area contributed by atoms with Crippen molar-refractivity contribution in [2.45, 2.75) is 45.4 Å². The molecule has 0 unspecified atom stereocenters. The highest BCUT2D eigenvalue weighted by molar-refractivity contribution is 7.89. The van der Waals surface area contributed by atoms with Crippen LogP contribution in [0, 0.1) is 20.8 Å². The fraction of sp³-hybridized carbons (Fsp3) is 0.438. The lowest BCUT2D eigenvalue weighted by Crippen LogP contribution is -2.16. The molecule has 0 fully saturated rings. The predicted octanol–water partition coefficient (Wildman–Crippen LogP) is 3.22. The Bertz CT molecular complexity index is 764. The summed E-state index contributed by atoms with van der Waals surface area (Å²) in [4.78, 5) is 0.221. The van der Waals surface area contributed by atoms with Crippen molar-refractivity contribution in [1.82, 2.24) is 9.19 Å². The van der Waals surface area contributed by atoms with Crippen LogP contribution < -0.4 is 4.74 Å². The van der Waals surface area contributed by atoms with Crippen molar-refractivity contribution in [3.05, 3.63) is 41.2 Å². The molecule has 5 nitrogen and oxygen atoms in total. The Morgan fingerprint density at radius 2 is 1.91 bits per heavy atom. The molecule has 0 spiro atoms. The van der Waals surface area contributed by atoms with Gasteiger partial charge in [-0.2, -0.15) is 17.6 Å². The third kappa shape index (κ3) is 3.32. The van der Waals surface area contributed by atoms with E-state index in [0.717, 1.165) is 28.2 Å². The van der Waals surface area contributed by atoms with E-state index in [1.54, 1.807) is 38.1 Å². The fourth-order valence-corrected chi connectivity index (χ4v) is 3.66. The van der Waals surface area contributed by atoms with Gasteiger partial charge in [0.1, 0.15) is 5.75 Å². The van der Waals surface area contributed by atoms with E-state index in [1.807, 2.05) is 6.92 Å². The minimum absolute atomic E-state index is 0.221. The maximum Gasteiger partial charge on any atom is 0.283 e. The highest BCUT2D eigenvalue weighted by Gasteiger charge is 2.21. The third-order valence-corrected chi connectivity index (χ3v) is 5.07. The van der Waals surface area contributed by atoms with Gasteiger partial charge in [-0.25, -0.2) is 0 Å². The lowest BCUT2D eigenvalue weighted by atomic mass is 10.2. The third-order valence-electron chi connectivity index (χ3n) is 3.40. The van der Waals surface area contributed by atoms with E-state index >= 15 is 0 Å². The summed E-state index contributed by atoms with van der Waals surface area (Å²) in [5.74, 6) is 0.723. The van der Waals surface area contributed by atoms with Crippen LogP contribution in [0.1, 0.15) is 36.7 Å². The van der Waals surface area contributed by atoms with Crippen LogP contribution in [0.4, 0.5) is 0 Å². The second kappa shape index (κ2) is 6.52. The molecule has 0 N–H and O–H groups in total. The monoisotopic (exact) mass is 322 g/mol. The van der Waals surface area contributed by atoms with Gasteiger partial charge in [0.2, 0.25) is 0 Å². The van der Waals surface area contributed by atoms with Crippen molar-refractivity contribution < 1.29 is 13.2 Å². The van der Waals surface area contributed by atoms with Crippen LogP contribution in [-0.4, -0.2) is 24.2 Å². The van der Waals surface area contributed by atoms with Gasteiger partial charge in [0.05, 0.1) is 22.9 Å². The molecule has 0 amide bonds. The van der Waals surface area contributed by atoms with Gasteiger partial charge in [-0.15, -0.1) is 0 Å². The zero-order valence-electron chi connectivity index (χ0n) is 13.5. The number of ether oxygens (including phenoxy) is 1. The molecule has 1 heterocycles. The molecule has 1 aromatic carbocycles. The van der Waals surface area contributed by atoms with Gasteiger partial charge >= 0.3 is 0 Å². The Balaban J connectivity index is 2.33. The van der Waals surface area contributed by atoms with Crippen molar-refractivity contribution >= 4 is 10.0 Å². The zero-order chi connectivity index (χ0) is 16.3. The first-order valence-corrected chi connectivity index (χ1v) is 8.82. The molecule has 2 aromatic rings. The summed E-state index contributed by atoms with van der Waals surface area (Å²) in [5.41, 5.74) is 2.08. The van der Waals surface area contributed by atoms with E-state index in [9.17, 15) is 8.42 Å². The molecule has 0 saturated heterocycles. The fourth-order valence-electron chi connectivity index (χ4n) is 2.22. The average Bonchev–Trinajstić information content (AvgIpc) is 2.80. The summed E-state index contributed by atoms with van der Waals surface area (Å²) >= 11 is 0. The van der Waals surface area contributed by atoms with Gasteiger partial charge < -0.3 is 4.74 Å². The van der Waals surface area contributed by atoms with Crippen LogP contribution in [0.25, 0.3) is 0 Å². The highest BCUT2D eigenvalue weighted by Crippen LogP contribution is 2.24. The first-order valence-electron chi connectivity index (χ1n) is 7.38. The van der Waals surface area contributed by atoms with Crippen LogP contribution in [0.5, 0.6) is 5.75 Å².